The van der Waals surface area contributed by atoms with Gasteiger partial charge in [0.2, 0.25) is 0 Å². The van der Waals surface area contributed by atoms with Gasteiger partial charge in [0.15, 0.2) is 0 Å². The Balaban J connectivity index is 1.49. The van der Waals surface area contributed by atoms with Crippen LogP contribution in [0.25, 0.3) is 0 Å². The first-order valence-corrected chi connectivity index (χ1v) is 14.5. The van der Waals surface area contributed by atoms with E-state index in [0.717, 1.165) is 47.5 Å². The number of carbonyl (C=O) groups excluding carboxylic acids is 3. The van der Waals surface area contributed by atoms with Crippen LogP contribution in [0.2, 0.25) is 5.02 Å². The average Bonchev–Trinajstić information content (AvgIpc) is 3.13. The predicted molar refractivity (Wildman–Crippen MR) is 152 cm³/mol. The van der Waals surface area contributed by atoms with Crippen LogP contribution in [0.1, 0.15) is 73.7 Å². The molecule has 1 aliphatic carbocycles. The zero-order chi connectivity index (χ0) is 27.5. The predicted octanol–water partition coefficient (Wildman–Crippen LogP) is 5.94. The summed E-state index contributed by atoms with van der Waals surface area (Å²) in [6.07, 6.45) is 5.61. The van der Waals surface area contributed by atoms with Gasteiger partial charge in [-0.1, -0.05) is 18.0 Å². The van der Waals surface area contributed by atoms with Crippen molar-refractivity contribution < 1.29 is 23.6 Å². The quantitative estimate of drug-likeness (QED) is 0.260. The van der Waals surface area contributed by atoms with Crippen molar-refractivity contribution in [1.29, 1.82) is 0 Å². The number of halogens is 1. The van der Waals surface area contributed by atoms with Gasteiger partial charge in [-0.2, -0.15) is 0 Å². The number of quaternary nitrogens is 1. The van der Waals surface area contributed by atoms with Gasteiger partial charge >= 0.3 is 12.0 Å². The third-order valence-electron chi connectivity index (χ3n) is 7.29. The number of rotatable bonds is 9. The van der Waals surface area contributed by atoms with E-state index in [0.29, 0.717) is 40.0 Å². The second kappa shape index (κ2) is 11.6. The fraction of sp³-hybridized carbons (Fsp3) is 0.536. The molecule has 206 valence electrons. The van der Waals surface area contributed by atoms with Gasteiger partial charge < -0.3 is 20.3 Å². The monoisotopic (exact) mass is 561 g/mol. The van der Waals surface area contributed by atoms with Gasteiger partial charge in [0, 0.05) is 29.5 Å². The Hall–Kier alpha value is -2.62. The minimum Gasteiger partial charge on any atom is -0.460 e. The molecule has 2 heterocycles. The van der Waals surface area contributed by atoms with Crippen molar-refractivity contribution in [2.75, 3.05) is 30.3 Å². The molecule has 0 radical (unpaired) electrons. The average molecular weight is 562 g/mol. The van der Waals surface area contributed by atoms with Crippen molar-refractivity contribution in [3.05, 3.63) is 45.3 Å². The molecule has 3 amide bonds. The number of nitrogens with zero attached hydrogens (tertiary/aromatic N) is 1. The number of ether oxygens (including phenoxy) is 1. The first kappa shape index (κ1) is 28.4. The normalized spacial score (nSPS) is 19.3. The van der Waals surface area contributed by atoms with E-state index in [9.17, 15) is 14.4 Å². The topological polar surface area (TPSA) is 111 Å². The Bertz CT molecular complexity index is 1190. The minimum absolute atomic E-state index is 0.165. The molecule has 1 atom stereocenters. The molecule has 2 aromatic rings. The molecule has 1 aromatic carbocycles. The maximum atomic E-state index is 12.7. The molecular weight excluding hydrogens is 524 g/mol. The fourth-order valence-electron chi connectivity index (χ4n) is 5.40. The van der Waals surface area contributed by atoms with Crippen molar-refractivity contribution in [3.63, 3.8) is 0 Å². The van der Waals surface area contributed by atoms with Crippen LogP contribution < -0.4 is 16.4 Å². The SMILES string of the molecule is CC(C)(C)OC(=O)CCC[N+]1(CC2CCC2)CCc2c(sc(NC(=O)Nc3ccc(Cl)cc3)c2C(N)=O)C1. The maximum absolute atomic E-state index is 12.7. The number of primary amides is 1. The highest BCUT2D eigenvalue weighted by Crippen LogP contribution is 2.41. The smallest absolute Gasteiger partial charge is 0.324 e. The summed E-state index contributed by atoms with van der Waals surface area (Å²) in [4.78, 5) is 38.6. The van der Waals surface area contributed by atoms with Crippen LogP contribution in [-0.2, 0) is 22.5 Å². The molecule has 0 bridgehead atoms. The Morgan fingerprint density at radius 2 is 1.87 bits per heavy atom. The van der Waals surface area contributed by atoms with Crippen molar-refractivity contribution in [2.45, 2.75) is 71.4 Å². The Kier molecular flexibility index (Phi) is 8.69. The first-order chi connectivity index (χ1) is 17.9. The number of hydrogen-bond donors (Lipinski definition) is 3. The molecule has 4 rings (SSSR count). The van der Waals surface area contributed by atoms with Crippen molar-refractivity contribution in [3.8, 4) is 0 Å². The number of carbonyl (C=O) groups is 3. The zero-order valence-corrected chi connectivity index (χ0v) is 24.0. The van der Waals surface area contributed by atoms with Gasteiger partial charge in [-0.3, -0.25) is 14.9 Å². The molecule has 1 saturated carbocycles. The summed E-state index contributed by atoms with van der Waals surface area (Å²) in [6, 6.07) is 6.36. The van der Waals surface area contributed by atoms with Crippen molar-refractivity contribution in [1.82, 2.24) is 0 Å². The molecule has 1 aliphatic heterocycles. The maximum Gasteiger partial charge on any atom is 0.324 e. The summed E-state index contributed by atoms with van der Waals surface area (Å²) in [5.74, 6) is -0.00747. The van der Waals surface area contributed by atoms with E-state index in [1.54, 1.807) is 24.3 Å². The lowest BCUT2D eigenvalue weighted by Crippen LogP contribution is -2.54. The molecule has 38 heavy (non-hydrogen) atoms. The second-order valence-electron chi connectivity index (χ2n) is 11.5. The number of hydrogen-bond acceptors (Lipinski definition) is 5. The molecule has 1 fully saturated rings. The Morgan fingerprint density at radius 3 is 2.47 bits per heavy atom. The lowest BCUT2D eigenvalue weighted by molar-refractivity contribution is -0.946. The van der Waals surface area contributed by atoms with E-state index >= 15 is 0 Å². The summed E-state index contributed by atoms with van der Waals surface area (Å²) >= 11 is 7.36. The fourth-order valence-corrected chi connectivity index (χ4v) is 6.90. The largest absolute Gasteiger partial charge is 0.460 e. The standard InChI is InChI=1S/C28H37ClN4O4S/c1-28(2,3)37-23(34)8-5-14-33(16-18-6-4-7-18)15-13-21-22(17-33)38-26(24(21)25(30)35)32-27(36)31-20-11-9-19(29)10-12-20/h9-12,18H,4-8,13-17H2,1-3H3,(H3-,30,31,32,35,36)/p+1. The molecule has 1 aromatic heterocycles. The van der Waals surface area contributed by atoms with E-state index in [2.05, 4.69) is 10.6 Å². The number of esters is 1. The van der Waals surface area contributed by atoms with Gasteiger partial charge in [0.1, 0.15) is 17.1 Å². The summed E-state index contributed by atoms with van der Waals surface area (Å²) < 4.78 is 6.40. The van der Waals surface area contributed by atoms with Gasteiger partial charge in [0.25, 0.3) is 5.91 Å². The van der Waals surface area contributed by atoms with Gasteiger partial charge in [-0.25, -0.2) is 4.79 Å². The number of nitrogens with one attached hydrogen (secondary N) is 2. The Morgan fingerprint density at radius 1 is 1.16 bits per heavy atom. The molecule has 10 heteroatoms. The van der Waals surface area contributed by atoms with E-state index in [4.69, 9.17) is 22.1 Å². The molecule has 2 aliphatic rings. The Labute approximate surface area is 233 Å². The highest BCUT2D eigenvalue weighted by molar-refractivity contribution is 7.17. The van der Waals surface area contributed by atoms with Crippen LogP contribution in [0.3, 0.4) is 0 Å². The van der Waals surface area contributed by atoms with Crippen molar-refractivity contribution >= 4 is 51.5 Å². The van der Waals surface area contributed by atoms with Crippen LogP contribution >= 0.6 is 22.9 Å². The second-order valence-corrected chi connectivity index (χ2v) is 13.1. The van der Waals surface area contributed by atoms with Gasteiger partial charge in [-0.15, -0.1) is 11.3 Å². The highest BCUT2D eigenvalue weighted by atomic mass is 35.5. The molecule has 0 saturated heterocycles. The first-order valence-electron chi connectivity index (χ1n) is 13.3. The molecule has 0 spiro atoms. The summed E-state index contributed by atoms with van der Waals surface area (Å²) in [7, 11) is 0. The number of fused-ring (bicyclic) bond motifs is 1. The molecule has 1 unspecified atom stereocenters. The van der Waals surface area contributed by atoms with Crippen LogP contribution in [0, 0.1) is 5.92 Å². The number of urea groups is 1. The number of nitrogens with two attached hydrogens (primary N) is 1. The van der Waals surface area contributed by atoms with E-state index in [1.807, 2.05) is 20.8 Å². The van der Waals surface area contributed by atoms with Crippen LogP contribution in [0.15, 0.2) is 24.3 Å². The summed E-state index contributed by atoms with van der Waals surface area (Å²) in [5.41, 5.74) is 7.26. The third-order valence-corrected chi connectivity index (χ3v) is 8.67. The number of amides is 3. The molecular formula is C28H38ClN4O4S+. The number of anilines is 2. The lowest BCUT2D eigenvalue weighted by Gasteiger charge is -2.45. The van der Waals surface area contributed by atoms with Crippen LogP contribution in [0.4, 0.5) is 15.5 Å². The highest BCUT2D eigenvalue weighted by Gasteiger charge is 2.40. The minimum atomic E-state index is -0.534. The zero-order valence-electron chi connectivity index (χ0n) is 22.4. The number of thiophene rings is 1. The van der Waals surface area contributed by atoms with E-state index in [1.165, 1.54) is 30.6 Å². The van der Waals surface area contributed by atoms with Gasteiger partial charge in [-0.05, 0) is 63.4 Å². The van der Waals surface area contributed by atoms with Crippen molar-refractivity contribution in [2.24, 2.45) is 11.7 Å². The van der Waals surface area contributed by atoms with Crippen LogP contribution in [-0.4, -0.2) is 47.6 Å². The number of benzene rings is 1. The molecule has 8 nitrogen and oxygen atoms in total. The lowest BCUT2D eigenvalue weighted by atomic mass is 9.83. The van der Waals surface area contributed by atoms with Gasteiger partial charge in [0.05, 0.1) is 36.5 Å². The third kappa shape index (κ3) is 7.27. The van der Waals surface area contributed by atoms with Crippen LogP contribution in [0.5, 0.6) is 0 Å². The summed E-state index contributed by atoms with van der Waals surface area (Å²) in [6.45, 7) is 9.25. The van der Waals surface area contributed by atoms with E-state index < -0.39 is 17.5 Å². The summed E-state index contributed by atoms with van der Waals surface area (Å²) in [5, 5.41) is 6.68. The van der Waals surface area contributed by atoms with E-state index in [-0.39, 0.29) is 5.97 Å². The molecule has 4 N–H and O–H groups in total.